The Balaban J connectivity index is 2.37. The van der Waals surface area contributed by atoms with Crippen molar-refractivity contribution in [1.29, 1.82) is 0 Å². The highest BCUT2D eigenvalue weighted by Gasteiger charge is 2.28. The van der Waals surface area contributed by atoms with Gasteiger partial charge in [-0.05, 0) is 52.4 Å². The minimum Gasteiger partial charge on any atom is -0.462 e. The van der Waals surface area contributed by atoms with Crippen molar-refractivity contribution in [3.05, 3.63) is 0 Å². The molecule has 0 aromatic carbocycles. The van der Waals surface area contributed by atoms with Crippen LogP contribution < -0.4 is 0 Å². The van der Waals surface area contributed by atoms with Gasteiger partial charge in [0, 0.05) is 13.3 Å². The summed E-state index contributed by atoms with van der Waals surface area (Å²) in [7, 11) is 0. The van der Waals surface area contributed by atoms with Crippen LogP contribution in [0.25, 0.3) is 0 Å². The fourth-order valence-electron chi connectivity index (χ4n) is 2.69. The SMILES string of the molecule is CC(=O)OC(CCCC(=O)OC(=O)C(C)(C)C)C1CCCC1. The molecule has 0 bridgehead atoms. The normalized spacial score (nSPS) is 17.1. The fraction of sp³-hybridized carbons (Fsp3) is 0.824. The molecule has 0 aromatic heterocycles. The lowest BCUT2D eigenvalue weighted by atomic mass is 9.96. The van der Waals surface area contributed by atoms with Crippen LogP contribution in [-0.4, -0.2) is 24.0 Å². The Bertz CT molecular complexity index is 402. The highest BCUT2D eigenvalue weighted by atomic mass is 16.6. The van der Waals surface area contributed by atoms with Crippen LogP contribution in [0.15, 0.2) is 0 Å². The maximum Gasteiger partial charge on any atom is 0.318 e. The number of carbonyl (C=O) groups is 3. The molecule has 0 aromatic rings. The zero-order valence-corrected chi connectivity index (χ0v) is 14.1. The molecule has 0 amide bonds. The molecule has 5 nitrogen and oxygen atoms in total. The van der Waals surface area contributed by atoms with Gasteiger partial charge in [-0.2, -0.15) is 0 Å². The smallest absolute Gasteiger partial charge is 0.318 e. The van der Waals surface area contributed by atoms with Crippen LogP contribution in [0, 0.1) is 11.3 Å². The molecule has 0 N–H and O–H groups in total. The topological polar surface area (TPSA) is 69.7 Å². The molecule has 22 heavy (non-hydrogen) atoms. The van der Waals surface area contributed by atoms with E-state index in [-0.39, 0.29) is 18.5 Å². The minimum atomic E-state index is -0.681. The van der Waals surface area contributed by atoms with E-state index in [1.54, 1.807) is 20.8 Å². The third-order valence-electron chi connectivity index (χ3n) is 3.93. The summed E-state index contributed by atoms with van der Waals surface area (Å²) in [5.41, 5.74) is -0.681. The molecule has 1 fully saturated rings. The van der Waals surface area contributed by atoms with Crippen molar-refractivity contribution in [3.8, 4) is 0 Å². The average molecular weight is 312 g/mol. The van der Waals surface area contributed by atoms with E-state index in [1.807, 2.05) is 0 Å². The first-order valence-electron chi connectivity index (χ1n) is 8.12. The van der Waals surface area contributed by atoms with Crippen molar-refractivity contribution in [2.45, 2.75) is 78.7 Å². The van der Waals surface area contributed by atoms with Crippen LogP contribution in [0.3, 0.4) is 0 Å². The van der Waals surface area contributed by atoms with E-state index >= 15 is 0 Å². The van der Waals surface area contributed by atoms with Crippen LogP contribution in [0.1, 0.15) is 72.6 Å². The van der Waals surface area contributed by atoms with E-state index in [1.165, 1.54) is 19.8 Å². The first-order valence-corrected chi connectivity index (χ1v) is 8.12. The van der Waals surface area contributed by atoms with Crippen molar-refractivity contribution in [3.63, 3.8) is 0 Å². The molecule has 5 heteroatoms. The number of carbonyl (C=O) groups excluding carboxylic acids is 3. The molecule has 1 saturated carbocycles. The van der Waals surface area contributed by atoms with Gasteiger partial charge in [-0.25, -0.2) is 0 Å². The first kappa shape index (κ1) is 18.7. The summed E-state index contributed by atoms with van der Waals surface area (Å²) in [5.74, 6) is -0.892. The maximum atomic E-state index is 11.7. The highest BCUT2D eigenvalue weighted by molar-refractivity contribution is 5.88. The Morgan fingerprint density at radius 2 is 1.73 bits per heavy atom. The Kier molecular flexibility index (Phi) is 7.04. The summed E-state index contributed by atoms with van der Waals surface area (Å²) < 4.78 is 10.2. The molecule has 0 aliphatic heterocycles. The van der Waals surface area contributed by atoms with Gasteiger partial charge in [0.15, 0.2) is 0 Å². The van der Waals surface area contributed by atoms with Crippen LogP contribution in [-0.2, 0) is 23.9 Å². The summed E-state index contributed by atoms with van der Waals surface area (Å²) in [5, 5.41) is 0. The number of hydrogen-bond acceptors (Lipinski definition) is 5. The van der Waals surface area contributed by atoms with Gasteiger partial charge in [0.2, 0.25) is 0 Å². The Hall–Kier alpha value is -1.39. The average Bonchev–Trinajstić information content (AvgIpc) is 2.89. The summed E-state index contributed by atoms with van der Waals surface area (Å²) in [6, 6.07) is 0. The molecule has 0 heterocycles. The van der Waals surface area contributed by atoms with Crippen LogP contribution in [0.2, 0.25) is 0 Å². The first-order chi connectivity index (χ1) is 10.2. The van der Waals surface area contributed by atoms with Crippen molar-refractivity contribution in [2.24, 2.45) is 11.3 Å². The molecule has 0 spiro atoms. The lowest BCUT2D eigenvalue weighted by Gasteiger charge is -2.23. The number of esters is 3. The summed E-state index contributed by atoms with van der Waals surface area (Å²) in [6.07, 6.45) is 5.75. The number of ether oxygens (including phenoxy) is 2. The molecule has 1 aliphatic rings. The molecular weight excluding hydrogens is 284 g/mol. The Morgan fingerprint density at radius 1 is 1.14 bits per heavy atom. The van der Waals surface area contributed by atoms with Gasteiger partial charge in [0.25, 0.3) is 0 Å². The van der Waals surface area contributed by atoms with E-state index in [2.05, 4.69) is 0 Å². The predicted octanol–water partition coefficient (Wildman–Crippen LogP) is 3.39. The third-order valence-corrected chi connectivity index (χ3v) is 3.93. The van der Waals surface area contributed by atoms with Crippen LogP contribution in [0.5, 0.6) is 0 Å². The van der Waals surface area contributed by atoms with Gasteiger partial charge in [-0.1, -0.05) is 12.8 Å². The standard InChI is InChI=1S/C17H28O5/c1-12(18)21-14(13-8-5-6-9-13)10-7-11-15(19)22-16(20)17(2,3)4/h13-14H,5-11H2,1-4H3. The second kappa shape index (κ2) is 8.30. The largest absolute Gasteiger partial charge is 0.462 e. The predicted molar refractivity (Wildman–Crippen MR) is 81.9 cm³/mol. The molecule has 1 rings (SSSR count). The van der Waals surface area contributed by atoms with E-state index in [9.17, 15) is 14.4 Å². The third kappa shape index (κ3) is 6.58. The molecule has 126 valence electrons. The lowest BCUT2D eigenvalue weighted by molar-refractivity contribution is -0.165. The van der Waals surface area contributed by atoms with E-state index in [0.29, 0.717) is 18.8 Å². The fourth-order valence-corrected chi connectivity index (χ4v) is 2.69. The van der Waals surface area contributed by atoms with Gasteiger partial charge < -0.3 is 9.47 Å². The quantitative estimate of drug-likeness (QED) is 0.555. The molecule has 1 unspecified atom stereocenters. The zero-order valence-electron chi connectivity index (χ0n) is 14.1. The molecule has 1 aliphatic carbocycles. The summed E-state index contributed by atoms with van der Waals surface area (Å²) >= 11 is 0. The minimum absolute atomic E-state index is 0.119. The van der Waals surface area contributed by atoms with Gasteiger partial charge in [0.1, 0.15) is 6.10 Å². The van der Waals surface area contributed by atoms with E-state index < -0.39 is 17.4 Å². The van der Waals surface area contributed by atoms with E-state index in [0.717, 1.165) is 12.8 Å². The second-order valence-corrected chi connectivity index (χ2v) is 7.10. The molecule has 1 atom stereocenters. The van der Waals surface area contributed by atoms with Gasteiger partial charge >= 0.3 is 17.9 Å². The van der Waals surface area contributed by atoms with E-state index in [4.69, 9.17) is 9.47 Å². The van der Waals surface area contributed by atoms with Crippen molar-refractivity contribution < 1.29 is 23.9 Å². The Morgan fingerprint density at radius 3 is 2.23 bits per heavy atom. The summed E-state index contributed by atoms with van der Waals surface area (Å²) in [6.45, 7) is 6.54. The van der Waals surface area contributed by atoms with Crippen molar-refractivity contribution in [2.75, 3.05) is 0 Å². The van der Waals surface area contributed by atoms with Crippen molar-refractivity contribution in [1.82, 2.24) is 0 Å². The van der Waals surface area contributed by atoms with Crippen molar-refractivity contribution >= 4 is 17.9 Å². The maximum absolute atomic E-state index is 11.7. The lowest BCUT2D eigenvalue weighted by Crippen LogP contribution is -2.27. The molecule has 0 saturated heterocycles. The highest BCUT2D eigenvalue weighted by Crippen LogP contribution is 2.31. The monoisotopic (exact) mass is 312 g/mol. The number of rotatable bonds is 6. The van der Waals surface area contributed by atoms with Gasteiger partial charge in [-0.15, -0.1) is 0 Å². The Labute approximate surface area is 132 Å². The number of hydrogen-bond donors (Lipinski definition) is 0. The van der Waals surface area contributed by atoms with Crippen LogP contribution >= 0.6 is 0 Å². The van der Waals surface area contributed by atoms with Gasteiger partial charge in [0.05, 0.1) is 5.41 Å². The summed E-state index contributed by atoms with van der Waals surface area (Å²) in [4.78, 5) is 34.5. The molecular formula is C17H28O5. The zero-order chi connectivity index (χ0) is 16.8. The van der Waals surface area contributed by atoms with Gasteiger partial charge in [-0.3, -0.25) is 14.4 Å². The molecule has 0 radical (unpaired) electrons. The van der Waals surface area contributed by atoms with Crippen LogP contribution in [0.4, 0.5) is 0 Å². The second-order valence-electron chi connectivity index (χ2n) is 7.10.